The number of aliphatic hydroxyl groups excluding tert-OH is 4. The van der Waals surface area contributed by atoms with Crippen LogP contribution in [0.15, 0.2) is 12.2 Å². The van der Waals surface area contributed by atoms with E-state index in [1.807, 2.05) is 0 Å². The summed E-state index contributed by atoms with van der Waals surface area (Å²) in [4.78, 5) is 47.6. The molecular weight excluding hydrogens is 719 g/mol. The van der Waals surface area contributed by atoms with Crippen LogP contribution in [-0.4, -0.2) is 93.9 Å². The SMILES string of the molecule is CCCCC[C@H](O)/C=C/[C@H]1C(=O)C[C@H](O)[C@@H]1CCCCCCC(=O)O[C@H](COC(=O)CCCCCCCCCCC(C)C)COP(=O)(O)OC[C@@H](O)CO. The Morgan fingerprint density at radius 1 is 0.815 bits per heavy atom. The third-order valence-electron chi connectivity index (χ3n) is 9.76. The highest BCUT2D eigenvalue weighted by atomic mass is 31.2. The summed E-state index contributed by atoms with van der Waals surface area (Å²) in [5, 5.41) is 39.1. The number of esters is 2. The molecule has 0 bridgehead atoms. The standard InChI is InChI=1S/C40H73O13P/c1-4-5-14-20-32(42)24-25-36-35(37(44)26-38(36)45)21-16-12-13-18-23-40(47)53-34(30-52-54(48,49)51-28-33(43)27-41)29-50-39(46)22-17-11-9-7-6-8-10-15-19-31(2)3/h24-25,31-37,41-44H,4-23,26-30H2,1-3H3,(H,48,49)/b25-24+/t32-,33-,34+,35+,36+,37-/m0/s1. The highest BCUT2D eigenvalue weighted by Gasteiger charge is 2.39. The fourth-order valence-corrected chi connectivity index (χ4v) is 7.28. The van der Waals surface area contributed by atoms with Crippen molar-refractivity contribution < 1.29 is 62.8 Å². The third kappa shape index (κ3) is 25.5. The molecule has 7 atom stereocenters. The topological polar surface area (TPSA) is 206 Å². The lowest BCUT2D eigenvalue weighted by molar-refractivity contribution is -0.161. The van der Waals surface area contributed by atoms with Gasteiger partial charge in [-0.25, -0.2) is 4.57 Å². The second kappa shape index (κ2) is 30.4. The first kappa shape index (κ1) is 50.3. The number of allylic oxidation sites excluding steroid dienone is 1. The number of ether oxygens (including phenoxy) is 2. The molecule has 14 heteroatoms. The minimum Gasteiger partial charge on any atom is -0.462 e. The molecule has 0 aliphatic heterocycles. The van der Waals surface area contributed by atoms with Gasteiger partial charge in [0.2, 0.25) is 0 Å². The summed E-state index contributed by atoms with van der Waals surface area (Å²) in [7, 11) is -4.68. The second-order valence-corrected chi connectivity index (χ2v) is 16.7. The van der Waals surface area contributed by atoms with Crippen LogP contribution in [0.1, 0.15) is 156 Å². The Morgan fingerprint density at radius 3 is 2.02 bits per heavy atom. The molecule has 1 unspecified atom stereocenters. The quantitative estimate of drug-likeness (QED) is 0.0195. The molecule has 1 saturated carbocycles. The van der Waals surface area contributed by atoms with Gasteiger partial charge in [0, 0.05) is 25.2 Å². The van der Waals surface area contributed by atoms with Gasteiger partial charge < -0.3 is 34.8 Å². The van der Waals surface area contributed by atoms with Gasteiger partial charge in [0.05, 0.1) is 32.0 Å². The molecule has 0 aromatic heterocycles. The van der Waals surface area contributed by atoms with E-state index in [4.69, 9.17) is 19.1 Å². The van der Waals surface area contributed by atoms with Crippen LogP contribution >= 0.6 is 7.82 Å². The van der Waals surface area contributed by atoms with E-state index < -0.39 is 69.9 Å². The summed E-state index contributed by atoms with van der Waals surface area (Å²) in [6.07, 6.45) is 16.8. The number of phosphoric ester groups is 1. The van der Waals surface area contributed by atoms with Crippen LogP contribution in [0.5, 0.6) is 0 Å². The Labute approximate surface area is 324 Å². The maximum Gasteiger partial charge on any atom is 0.472 e. The van der Waals surface area contributed by atoms with E-state index in [2.05, 4.69) is 25.3 Å². The molecule has 1 aliphatic carbocycles. The molecule has 5 N–H and O–H groups in total. The van der Waals surface area contributed by atoms with Crippen molar-refractivity contribution in [2.75, 3.05) is 26.4 Å². The number of carbonyl (C=O) groups excluding carboxylic acids is 3. The van der Waals surface area contributed by atoms with Crippen LogP contribution in [0.2, 0.25) is 0 Å². The average molecular weight is 793 g/mol. The minimum absolute atomic E-state index is 0.0168. The molecule has 0 amide bonds. The smallest absolute Gasteiger partial charge is 0.462 e. The number of ketones is 1. The molecule has 54 heavy (non-hydrogen) atoms. The predicted octanol–water partition coefficient (Wildman–Crippen LogP) is 6.89. The summed E-state index contributed by atoms with van der Waals surface area (Å²) in [5.41, 5.74) is 0. The predicted molar refractivity (Wildman–Crippen MR) is 206 cm³/mol. The molecule has 316 valence electrons. The summed E-state index contributed by atoms with van der Waals surface area (Å²) in [6, 6.07) is 0. The van der Waals surface area contributed by atoms with Crippen LogP contribution in [0.3, 0.4) is 0 Å². The Kier molecular flexibility index (Phi) is 28.4. The third-order valence-corrected chi connectivity index (χ3v) is 10.7. The first-order valence-corrected chi connectivity index (χ1v) is 22.1. The zero-order valence-electron chi connectivity index (χ0n) is 33.3. The molecule has 0 spiro atoms. The number of Topliss-reactive ketones (excluding diaryl/α,β-unsaturated/α-hetero) is 1. The maximum absolute atomic E-state index is 12.7. The number of hydrogen-bond donors (Lipinski definition) is 5. The van der Waals surface area contributed by atoms with E-state index in [9.17, 15) is 39.2 Å². The van der Waals surface area contributed by atoms with Gasteiger partial charge in [-0.3, -0.25) is 23.4 Å². The van der Waals surface area contributed by atoms with E-state index in [0.29, 0.717) is 32.1 Å². The molecule has 0 aromatic carbocycles. The Hall–Kier alpha value is -1.70. The van der Waals surface area contributed by atoms with Crippen molar-refractivity contribution in [3.63, 3.8) is 0 Å². The molecule has 0 aromatic rings. The zero-order valence-corrected chi connectivity index (χ0v) is 34.2. The van der Waals surface area contributed by atoms with Gasteiger partial charge in [-0.05, 0) is 37.5 Å². The average Bonchev–Trinajstić information content (AvgIpc) is 3.40. The van der Waals surface area contributed by atoms with Crippen LogP contribution < -0.4 is 0 Å². The van der Waals surface area contributed by atoms with Crippen molar-refractivity contribution in [3.8, 4) is 0 Å². The molecule has 13 nitrogen and oxygen atoms in total. The van der Waals surface area contributed by atoms with Crippen molar-refractivity contribution in [3.05, 3.63) is 12.2 Å². The Bertz CT molecular complexity index is 1080. The van der Waals surface area contributed by atoms with Gasteiger partial charge in [0.25, 0.3) is 0 Å². The lowest BCUT2D eigenvalue weighted by atomic mass is 9.88. The van der Waals surface area contributed by atoms with Crippen LogP contribution in [0.25, 0.3) is 0 Å². The van der Waals surface area contributed by atoms with E-state index in [0.717, 1.165) is 57.3 Å². The summed E-state index contributed by atoms with van der Waals surface area (Å²) in [6.45, 7) is 4.25. The number of carbonyl (C=O) groups is 3. The molecular formula is C40H73O13P. The van der Waals surface area contributed by atoms with Gasteiger partial charge >= 0.3 is 19.8 Å². The number of hydrogen-bond acceptors (Lipinski definition) is 12. The summed E-state index contributed by atoms with van der Waals surface area (Å²) >= 11 is 0. The largest absolute Gasteiger partial charge is 0.472 e. The minimum atomic E-state index is -4.68. The van der Waals surface area contributed by atoms with Crippen LogP contribution in [0, 0.1) is 17.8 Å². The molecule has 0 saturated heterocycles. The molecule has 1 fully saturated rings. The first-order valence-electron chi connectivity index (χ1n) is 20.6. The van der Waals surface area contributed by atoms with Gasteiger partial charge in [-0.2, -0.15) is 0 Å². The highest BCUT2D eigenvalue weighted by molar-refractivity contribution is 7.47. The van der Waals surface area contributed by atoms with Crippen LogP contribution in [-0.2, 0) is 37.5 Å². The Morgan fingerprint density at radius 2 is 1.39 bits per heavy atom. The number of unbranched alkanes of at least 4 members (excludes halogenated alkanes) is 12. The molecule has 1 rings (SSSR count). The van der Waals surface area contributed by atoms with E-state index in [1.165, 1.54) is 32.1 Å². The van der Waals surface area contributed by atoms with Gasteiger partial charge in [0.1, 0.15) is 18.5 Å². The van der Waals surface area contributed by atoms with E-state index in [1.54, 1.807) is 12.2 Å². The number of aliphatic hydroxyl groups is 4. The monoisotopic (exact) mass is 792 g/mol. The molecule has 0 heterocycles. The Balaban J connectivity index is 2.49. The fraction of sp³-hybridized carbons (Fsp3) is 0.875. The molecule has 1 aliphatic rings. The van der Waals surface area contributed by atoms with Crippen molar-refractivity contribution >= 4 is 25.5 Å². The van der Waals surface area contributed by atoms with Crippen LogP contribution in [0.4, 0.5) is 0 Å². The van der Waals surface area contributed by atoms with Crippen molar-refractivity contribution in [2.45, 2.75) is 180 Å². The van der Waals surface area contributed by atoms with Gasteiger partial charge in [-0.1, -0.05) is 123 Å². The number of rotatable bonds is 34. The van der Waals surface area contributed by atoms with E-state index >= 15 is 0 Å². The lowest BCUT2D eigenvalue weighted by Crippen LogP contribution is -2.29. The summed E-state index contributed by atoms with van der Waals surface area (Å²) in [5.74, 6) is -0.980. The van der Waals surface area contributed by atoms with E-state index in [-0.39, 0.29) is 37.6 Å². The number of phosphoric acid groups is 1. The second-order valence-electron chi connectivity index (χ2n) is 15.3. The normalized spacial score (nSPS) is 20.3. The van der Waals surface area contributed by atoms with Crippen molar-refractivity contribution in [1.82, 2.24) is 0 Å². The van der Waals surface area contributed by atoms with Crippen molar-refractivity contribution in [1.29, 1.82) is 0 Å². The highest BCUT2D eigenvalue weighted by Crippen LogP contribution is 2.43. The zero-order chi connectivity index (χ0) is 40.2. The summed E-state index contributed by atoms with van der Waals surface area (Å²) < 4.78 is 32.6. The van der Waals surface area contributed by atoms with Crippen molar-refractivity contribution in [2.24, 2.45) is 17.8 Å². The maximum atomic E-state index is 12.7. The molecule has 0 radical (unpaired) electrons. The van der Waals surface area contributed by atoms with Gasteiger partial charge in [-0.15, -0.1) is 0 Å². The lowest BCUT2D eigenvalue weighted by Gasteiger charge is -2.20. The van der Waals surface area contributed by atoms with Gasteiger partial charge in [0.15, 0.2) is 6.10 Å². The fourth-order valence-electron chi connectivity index (χ4n) is 6.49. The first-order chi connectivity index (χ1) is 25.8.